The lowest BCUT2D eigenvalue weighted by Crippen LogP contribution is -2.18. The van der Waals surface area contributed by atoms with Gasteiger partial charge < -0.3 is 14.4 Å². The molecule has 0 saturated heterocycles. The molecular formula is C9H14N2O3. The van der Waals surface area contributed by atoms with Gasteiger partial charge in [-0.05, 0) is 6.42 Å². The zero-order valence-electron chi connectivity index (χ0n) is 8.30. The third-order valence-electron chi connectivity index (χ3n) is 1.88. The maximum Gasteiger partial charge on any atom is 0.342 e. The van der Waals surface area contributed by atoms with Crippen LogP contribution in [0.5, 0.6) is 0 Å². The number of hydrogen-bond donors (Lipinski definition) is 1. The molecule has 0 spiro atoms. The third-order valence-corrected chi connectivity index (χ3v) is 1.88. The molecule has 1 rings (SSSR count). The topological polar surface area (TPSA) is 64.3 Å². The number of ether oxygens (including phenoxy) is 1. The lowest BCUT2D eigenvalue weighted by molar-refractivity contribution is -0.151. The minimum atomic E-state index is -1.29. The first-order chi connectivity index (χ1) is 6.70. The molecule has 1 aromatic rings. The fourth-order valence-corrected chi connectivity index (χ4v) is 1.22. The lowest BCUT2D eigenvalue weighted by Gasteiger charge is -2.10. The van der Waals surface area contributed by atoms with Gasteiger partial charge in [-0.3, -0.25) is 0 Å². The van der Waals surface area contributed by atoms with Crippen LogP contribution in [0.4, 0.5) is 0 Å². The van der Waals surface area contributed by atoms with E-state index in [0.717, 1.165) is 13.0 Å². The largest absolute Gasteiger partial charge is 0.467 e. The van der Waals surface area contributed by atoms with Crippen LogP contribution in [0.15, 0.2) is 12.4 Å². The highest BCUT2D eigenvalue weighted by Crippen LogP contribution is 2.12. The second kappa shape index (κ2) is 4.76. The number of methoxy groups -OCH3 is 1. The molecule has 0 saturated carbocycles. The summed E-state index contributed by atoms with van der Waals surface area (Å²) in [5.74, 6) is -0.354. The summed E-state index contributed by atoms with van der Waals surface area (Å²) >= 11 is 0. The highest BCUT2D eigenvalue weighted by Gasteiger charge is 2.22. The van der Waals surface area contributed by atoms with Crippen LogP contribution in [0.2, 0.25) is 0 Å². The first kappa shape index (κ1) is 10.7. The van der Waals surface area contributed by atoms with E-state index in [2.05, 4.69) is 9.72 Å². The quantitative estimate of drug-likeness (QED) is 0.715. The molecule has 5 heteroatoms. The van der Waals surface area contributed by atoms with E-state index in [0.29, 0.717) is 5.82 Å². The van der Waals surface area contributed by atoms with E-state index in [4.69, 9.17) is 0 Å². The zero-order valence-corrected chi connectivity index (χ0v) is 8.30. The molecule has 0 aliphatic heterocycles. The van der Waals surface area contributed by atoms with Crippen LogP contribution >= 0.6 is 0 Å². The number of aliphatic hydroxyl groups excluding tert-OH is 1. The monoisotopic (exact) mass is 198 g/mol. The molecule has 1 aromatic heterocycles. The number of rotatable bonds is 4. The van der Waals surface area contributed by atoms with Gasteiger partial charge in [0, 0.05) is 18.9 Å². The number of esters is 1. The molecule has 1 atom stereocenters. The molecule has 0 radical (unpaired) electrons. The Morgan fingerprint density at radius 2 is 2.50 bits per heavy atom. The van der Waals surface area contributed by atoms with Crippen LogP contribution in [0, 0.1) is 0 Å². The Kier molecular flexibility index (Phi) is 3.64. The van der Waals surface area contributed by atoms with Gasteiger partial charge in [-0.25, -0.2) is 9.78 Å². The molecule has 0 aliphatic carbocycles. The predicted octanol–water partition coefficient (Wildman–Crippen LogP) is 0.499. The van der Waals surface area contributed by atoms with Crippen LogP contribution < -0.4 is 0 Å². The van der Waals surface area contributed by atoms with Crippen molar-refractivity contribution in [2.45, 2.75) is 26.0 Å². The summed E-state index contributed by atoms with van der Waals surface area (Å²) in [5.41, 5.74) is 0. The molecule has 0 aliphatic rings. The maximum atomic E-state index is 11.0. The number of carbonyl (C=O) groups excluding carboxylic acids is 1. The van der Waals surface area contributed by atoms with Crippen molar-refractivity contribution in [2.75, 3.05) is 7.11 Å². The molecule has 78 valence electrons. The van der Waals surface area contributed by atoms with Crippen molar-refractivity contribution in [1.82, 2.24) is 9.55 Å². The average molecular weight is 198 g/mol. The summed E-state index contributed by atoms with van der Waals surface area (Å²) in [6.07, 6.45) is 2.90. The number of hydrogen-bond acceptors (Lipinski definition) is 4. The van der Waals surface area contributed by atoms with Crippen molar-refractivity contribution in [3.8, 4) is 0 Å². The van der Waals surface area contributed by atoms with Crippen molar-refractivity contribution in [2.24, 2.45) is 0 Å². The van der Waals surface area contributed by atoms with E-state index in [1.165, 1.54) is 7.11 Å². The minimum Gasteiger partial charge on any atom is -0.467 e. The highest BCUT2D eigenvalue weighted by molar-refractivity contribution is 5.74. The fourth-order valence-electron chi connectivity index (χ4n) is 1.22. The van der Waals surface area contributed by atoms with E-state index in [9.17, 15) is 9.90 Å². The van der Waals surface area contributed by atoms with Gasteiger partial charge >= 0.3 is 5.97 Å². The molecule has 5 nitrogen and oxygen atoms in total. The van der Waals surface area contributed by atoms with Crippen molar-refractivity contribution < 1.29 is 14.6 Å². The predicted molar refractivity (Wildman–Crippen MR) is 49.5 cm³/mol. The Bertz CT molecular complexity index is 309. The molecule has 0 amide bonds. The standard InChI is InChI=1S/C9H14N2O3/c1-3-5-11-6-4-10-8(11)7(12)9(13)14-2/h4,6-7,12H,3,5H2,1-2H3. The van der Waals surface area contributed by atoms with E-state index in [1.54, 1.807) is 17.0 Å². The van der Waals surface area contributed by atoms with Crippen molar-refractivity contribution in [3.63, 3.8) is 0 Å². The Hall–Kier alpha value is -1.36. The average Bonchev–Trinajstić information content (AvgIpc) is 2.64. The minimum absolute atomic E-state index is 0.332. The van der Waals surface area contributed by atoms with Crippen LogP contribution in [-0.4, -0.2) is 27.7 Å². The summed E-state index contributed by atoms with van der Waals surface area (Å²) in [4.78, 5) is 15.0. The highest BCUT2D eigenvalue weighted by atomic mass is 16.5. The molecule has 1 heterocycles. The second-order valence-corrected chi connectivity index (χ2v) is 2.90. The van der Waals surface area contributed by atoms with Gasteiger partial charge in [-0.1, -0.05) is 6.92 Å². The van der Waals surface area contributed by atoms with Gasteiger partial charge in [-0.2, -0.15) is 0 Å². The van der Waals surface area contributed by atoms with Gasteiger partial charge in [-0.15, -0.1) is 0 Å². The zero-order chi connectivity index (χ0) is 10.6. The van der Waals surface area contributed by atoms with Crippen LogP contribution in [-0.2, 0) is 16.1 Å². The molecule has 0 bridgehead atoms. The van der Waals surface area contributed by atoms with Gasteiger partial charge in [0.25, 0.3) is 0 Å². The van der Waals surface area contributed by atoms with Gasteiger partial charge in [0.1, 0.15) is 5.82 Å². The van der Waals surface area contributed by atoms with Crippen LogP contribution in [0.1, 0.15) is 25.3 Å². The summed E-state index contributed by atoms with van der Waals surface area (Å²) in [6.45, 7) is 2.73. The second-order valence-electron chi connectivity index (χ2n) is 2.90. The van der Waals surface area contributed by atoms with Crippen LogP contribution in [0.3, 0.4) is 0 Å². The van der Waals surface area contributed by atoms with Crippen molar-refractivity contribution >= 4 is 5.97 Å². The Morgan fingerprint density at radius 1 is 1.79 bits per heavy atom. The van der Waals surface area contributed by atoms with E-state index < -0.39 is 12.1 Å². The molecule has 0 aromatic carbocycles. The van der Waals surface area contributed by atoms with Gasteiger partial charge in [0.15, 0.2) is 0 Å². The van der Waals surface area contributed by atoms with Crippen LogP contribution in [0.25, 0.3) is 0 Å². The first-order valence-corrected chi connectivity index (χ1v) is 4.47. The lowest BCUT2D eigenvalue weighted by atomic mass is 10.3. The third kappa shape index (κ3) is 2.11. The van der Waals surface area contributed by atoms with E-state index in [-0.39, 0.29) is 0 Å². The first-order valence-electron chi connectivity index (χ1n) is 4.47. The molecule has 14 heavy (non-hydrogen) atoms. The number of carbonyl (C=O) groups is 1. The van der Waals surface area contributed by atoms with Crippen molar-refractivity contribution in [1.29, 1.82) is 0 Å². The number of aromatic nitrogens is 2. The normalized spacial score (nSPS) is 12.5. The SMILES string of the molecule is CCCn1ccnc1C(O)C(=O)OC. The maximum absolute atomic E-state index is 11.0. The van der Waals surface area contributed by atoms with E-state index in [1.807, 2.05) is 6.92 Å². The summed E-state index contributed by atoms with van der Waals surface area (Å²) in [5, 5.41) is 9.53. The summed E-state index contributed by atoms with van der Waals surface area (Å²) in [7, 11) is 1.23. The summed E-state index contributed by atoms with van der Waals surface area (Å²) < 4.78 is 6.16. The number of aryl methyl sites for hydroxylation is 1. The molecule has 0 fully saturated rings. The Labute approximate surface area is 82.3 Å². The van der Waals surface area contributed by atoms with E-state index >= 15 is 0 Å². The molecule has 1 N–H and O–H groups in total. The van der Waals surface area contributed by atoms with Gasteiger partial charge in [0.2, 0.25) is 6.10 Å². The Morgan fingerprint density at radius 3 is 3.07 bits per heavy atom. The fraction of sp³-hybridized carbons (Fsp3) is 0.556. The Balaban J connectivity index is 2.83. The smallest absolute Gasteiger partial charge is 0.342 e. The number of nitrogens with zero attached hydrogens (tertiary/aromatic N) is 2. The summed E-state index contributed by atoms with van der Waals surface area (Å²) in [6, 6.07) is 0. The number of aliphatic hydroxyl groups is 1. The van der Waals surface area contributed by atoms with Crippen molar-refractivity contribution in [3.05, 3.63) is 18.2 Å². The molecule has 1 unspecified atom stereocenters. The van der Waals surface area contributed by atoms with Gasteiger partial charge in [0.05, 0.1) is 7.11 Å². The molecular weight excluding hydrogens is 184 g/mol. The number of imidazole rings is 1.